The van der Waals surface area contributed by atoms with Gasteiger partial charge in [-0.25, -0.2) is 4.39 Å². The minimum Gasteiger partial charge on any atom is -0.269 e. The van der Waals surface area contributed by atoms with Crippen molar-refractivity contribution < 1.29 is 37.1 Å². The molecule has 0 N–H and O–H groups in total. The van der Waals surface area contributed by atoms with Crippen molar-refractivity contribution >= 4 is 0 Å². The number of hydrogen-bond donors (Lipinski definition) is 0. The third-order valence-electron chi connectivity index (χ3n) is 1.98. The van der Waals surface area contributed by atoms with Gasteiger partial charge in [0.15, 0.2) is 0 Å². The molecular weight excluding hydrogens is 266 g/mol. The zero-order chi connectivity index (χ0) is 9.97. The molecule has 0 aliphatic heterocycles. The fourth-order valence-corrected chi connectivity index (χ4v) is 1.20. The topological polar surface area (TPSA) is 12.9 Å². The average molecular weight is 275 g/mol. The van der Waals surface area contributed by atoms with Gasteiger partial charge in [-0.1, -0.05) is 6.07 Å². The number of hydrogen-bond acceptors (Lipinski definition) is 1. The summed E-state index contributed by atoms with van der Waals surface area (Å²) in [7, 11) is 0. The first-order valence-electron chi connectivity index (χ1n) is 4.36. The molecule has 0 atom stereocenters. The summed E-state index contributed by atoms with van der Waals surface area (Å²) >= 11 is 0. The molecule has 0 saturated heterocycles. The minimum atomic E-state index is -0.346. The second-order valence-corrected chi connectivity index (χ2v) is 3.15. The van der Waals surface area contributed by atoms with Gasteiger partial charge in [0.05, 0.1) is 0 Å². The number of pyridine rings is 1. The Bertz CT molecular complexity index is 379. The van der Waals surface area contributed by atoms with Crippen LogP contribution in [0.4, 0.5) is 4.39 Å². The van der Waals surface area contributed by atoms with Gasteiger partial charge in [0, 0.05) is 17.7 Å². The Hall–Kier alpha value is -0.596. The largest absolute Gasteiger partial charge is 3.00 e. The number of nitrogens with zero attached hydrogens (tertiary/aromatic N) is 1. The second kappa shape index (κ2) is 5.48. The summed E-state index contributed by atoms with van der Waals surface area (Å²) < 4.78 is 12.6. The van der Waals surface area contributed by atoms with Crippen molar-refractivity contribution in [1.29, 1.82) is 0 Å². The predicted octanol–water partition coefficient (Wildman–Crippen LogP) is 2.99. The maximum absolute atomic E-state index is 12.6. The van der Waals surface area contributed by atoms with E-state index in [4.69, 9.17) is 0 Å². The Morgan fingerprint density at radius 3 is 2.53 bits per heavy atom. The van der Waals surface area contributed by atoms with E-state index < -0.39 is 0 Å². The molecule has 2 aromatic rings. The van der Waals surface area contributed by atoms with Crippen molar-refractivity contribution in [2.24, 2.45) is 0 Å². The SMILES string of the molecule is Cc1ccc(-c2c[c-]c(F)cc2)nc1.[Y+3]. The Kier molecular flexibility index (Phi) is 4.55. The number of aryl methyl sites for hydroxylation is 1. The molecule has 0 radical (unpaired) electrons. The second-order valence-electron chi connectivity index (χ2n) is 3.15. The standard InChI is InChI=1S/C12H9FN.Y/c1-9-2-7-12(14-8-9)10-3-5-11(13)6-4-10;/h2-5,7-8H,1H3;/q-1;+3. The number of rotatable bonds is 1. The zero-order valence-corrected chi connectivity index (χ0v) is 11.2. The molecule has 0 aliphatic rings. The molecule has 0 bridgehead atoms. The summed E-state index contributed by atoms with van der Waals surface area (Å²) in [6.07, 6.45) is 1.79. The van der Waals surface area contributed by atoms with Crippen molar-refractivity contribution in [2.45, 2.75) is 6.92 Å². The van der Waals surface area contributed by atoms with Crippen LogP contribution in [0, 0.1) is 18.8 Å². The van der Waals surface area contributed by atoms with E-state index in [9.17, 15) is 4.39 Å². The molecule has 0 amide bonds. The van der Waals surface area contributed by atoms with E-state index >= 15 is 0 Å². The van der Waals surface area contributed by atoms with E-state index in [1.54, 1.807) is 18.3 Å². The van der Waals surface area contributed by atoms with Crippen LogP contribution >= 0.6 is 0 Å². The monoisotopic (exact) mass is 275 g/mol. The van der Waals surface area contributed by atoms with Crippen LogP contribution in [0.25, 0.3) is 11.3 Å². The summed E-state index contributed by atoms with van der Waals surface area (Å²) in [5.41, 5.74) is 2.83. The van der Waals surface area contributed by atoms with Gasteiger partial charge in [-0.2, -0.15) is 12.1 Å². The number of halogens is 1. The molecule has 0 saturated carbocycles. The zero-order valence-electron chi connectivity index (χ0n) is 8.37. The number of aromatic nitrogens is 1. The average Bonchev–Trinajstić information content (AvgIpc) is 2.21. The van der Waals surface area contributed by atoms with Crippen molar-refractivity contribution in [3.63, 3.8) is 0 Å². The first-order valence-corrected chi connectivity index (χ1v) is 4.36. The molecule has 0 unspecified atom stereocenters. The first kappa shape index (κ1) is 12.5. The molecule has 0 spiro atoms. The number of benzene rings is 1. The molecule has 0 fully saturated rings. The van der Waals surface area contributed by atoms with Gasteiger partial charge < -0.3 is 0 Å². The van der Waals surface area contributed by atoms with Gasteiger partial charge in [0.2, 0.25) is 0 Å². The molecule has 1 nitrogen and oxygen atoms in total. The van der Waals surface area contributed by atoms with E-state index in [0.717, 1.165) is 16.8 Å². The molecule has 2 rings (SSSR count). The van der Waals surface area contributed by atoms with Gasteiger partial charge >= 0.3 is 32.7 Å². The molecule has 1 heterocycles. The Balaban J connectivity index is 0.00000112. The maximum atomic E-state index is 12.6. The normalized spacial score (nSPS) is 9.47. The van der Waals surface area contributed by atoms with Crippen LogP contribution in [0.3, 0.4) is 0 Å². The van der Waals surface area contributed by atoms with Crippen LogP contribution in [0.1, 0.15) is 5.56 Å². The van der Waals surface area contributed by atoms with Crippen LogP contribution < -0.4 is 0 Å². The third kappa shape index (κ3) is 3.18. The van der Waals surface area contributed by atoms with Crippen LogP contribution in [0.2, 0.25) is 0 Å². The molecule has 15 heavy (non-hydrogen) atoms. The molecule has 1 aromatic carbocycles. The Labute approximate surface area is 114 Å². The van der Waals surface area contributed by atoms with Gasteiger partial charge in [-0.3, -0.25) is 4.98 Å². The molecule has 0 aliphatic carbocycles. The third-order valence-corrected chi connectivity index (χ3v) is 1.98. The van der Waals surface area contributed by atoms with E-state index in [0.29, 0.717) is 0 Å². The molecule has 3 heteroatoms. The molecule has 70 valence electrons. The first-order chi connectivity index (χ1) is 6.75. The van der Waals surface area contributed by atoms with E-state index in [1.165, 1.54) is 6.07 Å². The smallest absolute Gasteiger partial charge is 0.269 e. The van der Waals surface area contributed by atoms with Crippen LogP contribution in [-0.4, -0.2) is 4.98 Å². The van der Waals surface area contributed by atoms with Gasteiger partial charge in [0.25, 0.3) is 0 Å². The van der Waals surface area contributed by atoms with Gasteiger partial charge in [0.1, 0.15) is 0 Å². The summed E-state index contributed by atoms with van der Waals surface area (Å²) in [6, 6.07) is 11.1. The van der Waals surface area contributed by atoms with Crippen molar-refractivity contribution in [2.75, 3.05) is 0 Å². The van der Waals surface area contributed by atoms with E-state index in [-0.39, 0.29) is 38.5 Å². The summed E-state index contributed by atoms with van der Waals surface area (Å²) in [6.45, 7) is 1.98. The fraction of sp³-hybridized carbons (Fsp3) is 0.0833. The van der Waals surface area contributed by atoms with Crippen molar-refractivity contribution in [3.8, 4) is 11.3 Å². The molecular formula is C12H9FNY+2. The van der Waals surface area contributed by atoms with Gasteiger partial charge in [-0.05, 0) is 18.6 Å². The summed E-state index contributed by atoms with van der Waals surface area (Å²) in [4.78, 5) is 4.24. The van der Waals surface area contributed by atoms with E-state index in [2.05, 4.69) is 11.1 Å². The van der Waals surface area contributed by atoms with Crippen LogP contribution in [0.5, 0.6) is 0 Å². The van der Waals surface area contributed by atoms with E-state index in [1.807, 2.05) is 19.1 Å². The van der Waals surface area contributed by atoms with Crippen molar-refractivity contribution in [1.82, 2.24) is 4.98 Å². The Morgan fingerprint density at radius 2 is 2.00 bits per heavy atom. The molecule has 1 aromatic heterocycles. The van der Waals surface area contributed by atoms with Crippen LogP contribution in [0.15, 0.2) is 36.5 Å². The fourth-order valence-electron chi connectivity index (χ4n) is 1.20. The van der Waals surface area contributed by atoms with Crippen LogP contribution in [-0.2, 0) is 32.7 Å². The minimum absolute atomic E-state index is 0. The van der Waals surface area contributed by atoms with Gasteiger partial charge in [-0.15, -0.1) is 17.7 Å². The maximum Gasteiger partial charge on any atom is 3.00 e. The quantitative estimate of drug-likeness (QED) is 0.729. The van der Waals surface area contributed by atoms with Crippen molar-refractivity contribution in [3.05, 3.63) is 54.0 Å². The summed E-state index contributed by atoms with van der Waals surface area (Å²) in [5, 5.41) is 0. The predicted molar refractivity (Wildman–Crippen MR) is 53.2 cm³/mol. The Morgan fingerprint density at radius 1 is 1.20 bits per heavy atom. The summed E-state index contributed by atoms with van der Waals surface area (Å²) in [5.74, 6) is -0.346.